The molecule has 3 aromatic rings. The molecular formula is C21H22N2O3. The predicted molar refractivity (Wildman–Crippen MR) is 103 cm³/mol. The van der Waals surface area contributed by atoms with Crippen molar-refractivity contribution in [2.24, 2.45) is 0 Å². The Morgan fingerprint density at radius 3 is 2.69 bits per heavy atom. The maximum atomic E-state index is 12.8. The molecule has 0 bridgehead atoms. The highest BCUT2D eigenvalue weighted by Crippen LogP contribution is 2.21. The van der Waals surface area contributed by atoms with Gasteiger partial charge in [-0.3, -0.25) is 9.59 Å². The maximum absolute atomic E-state index is 12.8. The minimum Gasteiger partial charge on any atom is -0.493 e. The minimum absolute atomic E-state index is 0.176. The zero-order chi connectivity index (χ0) is 18.7. The summed E-state index contributed by atoms with van der Waals surface area (Å²) in [6.07, 6.45) is 0. The number of nitrogens with one attached hydrogen (secondary N) is 1. The number of H-pyrrole nitrogens is 1. The number of carbonyl (C=O) groups excluding carboxylic acids is 1. The van der Waals surface area contributed by atoms with Gasteiger partial charge >= 0.3 is 0 Å². The lowest BCUT2D eigenvalue weighted by molar-refractivity contribution is 0.0780. The molecule has 0 spiro atoms. The third kappa shape index (κ3) is 3.47. The Hall–Kier alpha value is -3.08. The van der Waals surface area contributed by atoms with E-state index < -0.39 is 0 Å². The van der Waals surface area contributed by atoms with E-state index in [1.807, 2.05) is 44.2 Å². The molecule has 0 fully saturated rings. The molecular weight excluding hydrogens is 328 g/mol. The first-order valence-corrected chi connectivity index (χ1v) is 8.60. The third-order valence-corrected chi connectivity index (χ3v) is 4.34. The van der Waals surface area contributed by atoms with Crippen LogP contribution in [-0.2, 0) is 6.54 Å². The van der Waals surface area contributed by atoms with E-state index in [9.17, 15) is 9.59 Å². The highest BCUT2D eigenvalue weighted by atomic mass is 16.5. The number of nitrogens with zero attached hydrogens (tertiary/aromatic N) is 1. The van der Waals surface area contributed by atoms with E-state index >= 15 is 0 Å². The van der Waals surface area contributed by atoms with Gasteiger partial charge in [0.1, 0.15) is 5.75 Å². The summed E-state index contributed by atoms with van der Waals surface area (Å²) in [5.74, 6) is 0.368. The smallest absolute Gasteiger partial charge is 0.257 e. The lowest BCUT2D eigenvalue weighted by Crippen LogP contribution is -2.29. The van der Waals surface area contributed by atoms with Crippen molar-refractivity contribution in [1.82, 2.24) is 9.88 Å². The Labute approximate surface area is 152 Å². The Bertz CT molecular complexity index is 1010. The van der Waals surface area contributed by atoms with Crippen molar-refractivity contribution in [3.05, 3.63) is 75.6 Å². The number of fused-ring (bicyclic) bond motifs is 1. The van der Waals surface area contributed by atoms with Crippen LogP contribution in [0.4, 0.5) is 0 Å². The van der Waals surface area contributed by atoms with Crippen LogP contribution >= 0.6 is 0 Å². The third-order valence-electron chi connectivity index (χ3n) is 4.34. The number of aromatic nitrogens is 1. The maximum Gasteiger partial charge on any atom is 0.257 e. The standard InChI is InChI=1S/C21H22N2O3/c1-4-26-18-11-6-5-10-17(18)21(25)23(3)13-16-12-15-9-7-8-14(2)19(15)22-20(16)24/h5-12H,4,13H2,1-3H3,(H,22,24). The second-order valence-electron chi connectivity index (χ2n) is 6.25. The first-order valence-electron chi connectivity index (χ1n) is 8.60. The molecule has 0 aliphatic heterocycles. The van der Waals surface area contributed by atoms with Crippen LogP contribution in [0.5, 0.6) is 5.75 Å². The largest absolute Gasteiger partial charge is 0.493 e. The molecule has 0 unspecified atom stereocenters. The minimum atomic E-state index is -0.183. The van der Waals surface area contributed by atoms with E-state index in [0.717, 1.165) is 16.5 Å². The number of amides is 1. The lowest BCUT2D eigenvalue weighted by Gasteiger charge is -2.19. The van der Waals surface area contributed by atoms with Gasteiger partial charge in [0.15, 0.2) is 0 Å². The Kier molecular flexibility index (Phi) is 5.07. The van der Waals surface area contributed by atoms with E-state index in [-0.39, 0.29) is 18.0 Å². The monoisotopic (exact) mass is 350 g/mol. The first kappa shape index (κ1) is 17.7. The lowest BCUT2D eigenvalue weighted by atomic mass is 10.1. The van der Waals surface area contributed by atoms with Crippen LogP contribution in [0.25, 0.3) is 10.9 Å². The molecule has 0 saturated carbocycles. The SMILES string of the molecule is CCOc1ccccc1C(=O)N(C)Cc1cc2cccc(C)c2[nH]c1=O. The van der Waals surface area contributed by atoms with Crippen molar-refractivity contribution in [3.8, 4) is 5.75 Å². The molecule has 1 heterocycles. The summed E-state index contributed by atoms with van der Waals surface area (Å²) in [5, 5.41) is 0.954. The van der Waals surface area contributed by atoms with Crippen LogP contribution in [0.15, 0.2) is 53.3 Å². The van der Waals surface area contributed by atoms with Gasteiger partial charge in [0.2, 0.25) is 0 Å². The number of hydrogen-bond acceptors (Lipinski definition) is 3. The summed E-state index contributed by atoms with van der Waals surface area (Å²) >= 11 is 0. The van der Waals surface area contributed by atoms with Crippen LogP contribution < -0.4 is 10.3 Å². The summed E-state index contributed by atoms with van der Waals surface area (Å²) in [5.41, 5.74) is 2.71. The van der Waals surface area contributed by atoms with Crippen LogP contribution in [-0.4, -0.2) is 29.4 Å². The number of rotatable bonds is 5. The molecule has 5 heteroatoms. The number of hydrogen-bond donors (Lipinski definition) is 1. The Balaban J connectivity index is 1.89. The van der Waals surface area contributed by atoms with Crippen molar-refractivity contribution in [3.63, 3.8) is 0 Å². The molecule has 3 rings (SSSR count). The van der Waals surface area contributed by atoms with Gasteiger partial charge in [-0.15, -0.1) is 0 Å². The van der Waals surface area contributed by atoms with E-state index in [1.165, 1.54) is 4.90 Å². The summed E-state index contributed by atoms with van der Waals surface area (Å²) < 4.78 is 5.54. The van der Waals surface area contributed by atoms with Crippen molar-refractivity contribution in [2.75, 3.05) is 13.7 Å². The highest BCUT2D eigenvalue weighted by molar-refractivity contribution is 5.96. The second-order valence-corrected chi connectivity index (χ2v) is 6.25. The second kappa shape index (κ2) is 7.44. The predicted octanol–water partition coefficient (Wildman–Crippen LogP) is 3.51. The van der Waals surface area contributed by atoms with Crippen molar-refractivity contribution < 1.29 is 9.53 Å². The number of aromatic amines is 1. The van der Waals surface area contributed by atoms with Gasteiger partial charge in [-0.2, -0.15) is 0 Å². The van der Waals surface area contributed by atoms with Gasteiger partial charge in [-0.25, -0.2) is 0 Å². The van der Waals surface area contributed by atoms with Gasteiger partial charge in [-0.1, -0.05) is 30.3 Å². The zero-order valence-electron chi connectivity index (χ0n) is 15.2. The van der Waals surface area contributed by atoms with Gasteiger partial charge in [-0.05, 0) is 43.0 Å². The number of ether oxygens (including phenoxy) is 1. The van der Waals surface area contributed by atoms with E-state index in [0.29, 0.717) is 23.5 Å². The molecule has 0 saturated heterocycles. The fourth-order valence-electron chi connectivity index (χ4n) is 3.00. The quantitative estimate of drug-likeness (QED) is 0.766. The first-order chi connectivity index (χ1) is 12.5. The fraction of sp³-hybridized carbons (Fsp3) is 0.238. The molecule has 2 aromatic carbocycles. The van der Waals surface area contributed by atoms with Gasteiger partial charge < -0.3 is 14.6 Å². The molecule has 1 N–H and O–H groups in total. The van der Waals surface area contributed by atoms with Crippen molar-refractivity contribution >= 4 is 16.8 Å². The number of benzene rings is 2. The van der Waals surface area contributed by atoms with E-state index in [1.54, 1.807) is 25.2 Å². The molecule has 0 aliphatic carbocycles. The number of aryl methyl sites for hydroxylation is 1. The number of pyridine rings is 1. The number of carbonyl (C=O) groups is 1. The van der Waals surface area contributed by atoms with Crippen LogP contribution in [0.3, 0.4) is 0 Å². The summed E-state index contributed by atoms with van der Waals surface area (Å²) in [4.78, 5) is 29.7. The Morgan fingerprint density at radius 2 is 1.92 bits per heavy atom. The van der Waals surface area contributed by atoms with Gasteiger partial charge in [0.05, 0.1) is 24.2 Å². The van der Waals surface area contributed by atoms with E-state index in [4.69, 9.17) is 4.74 Å². The molecule has 26 heavy (non-hydrogen) atoms. The average molecular weight is 350 g/mol. The van der Waals surface area contributed by atoms with E-state index in [2.05, 4.69) is 4.98 Å². The summed E-state index contributed by atoms with van der Waals surface area (Å²) in [7, 11) is 1.69. The zero-order valence-corrected chi connectivity index (χ0v) is 15.2. The number of para-hydroxylation sites is 2. The molecule has 0 radical (unpaired) electrons. The highest BCUT2D eigenvalue weighted by Gasteiger charge is 2.18. The van der Waals surface area contributed by atoms with Gasteiger partial charge in [0.25, 0.3) is 11.5 Å². The van der Waals surface area contributed by atoms with Gasteiger partial charge in [0, 0.05) is 12.6 Å². The average Bonchev–Trinajstić information content (AvgIpc) is 2.63. The molecule has 1 amide bonds. The van der Waals surface area contributed by atoms with Crippen LogP contribution in [0.2, 0.25) is 0 Å². The van der Waals surface area contributed by atoms with Crippen LogP contribution in [0, 0.1) is 6.92 Å². The summed E-state index contributed by atoms with van der Waals surface area (Å²) in [6.45, 7) is 4.54. The molecule has 0 aliphatic rings. The van der Waals surface area contributed by atoms with Crippen molar-refractivity contribution in [2.45, 2.75) is 20.4 Å². The molecule has 0 atom stereocenters. The molecule has 5 nitrogen and oxygen atoms in total. The fourth-order valence-corrected chi connectivity index (χ4v) is 3.00. The normalized spacial score (nSPS) is 10.7. The molecule has 1 aromatic heterocycles. The topological polar surface area (TPSA) is 62.4 Å². The molecule has 134 valence electrons. The Morgan fingerprint density at radius 1 is 1.15 bits per heavy atom. The van der Waals surface area contributed by atoms with Crippen LogP contribution in [0.1, 0.15) is 28.4 Å². The summed E-state index contributed by atoms with van der Waals surface area (Å²) in [6, 6.07) is 14.8. The van der Waals surface area contributed by atoms with Crippen molar-refractivity contribution in [1.29, 1.82) is 0 Å².